The van der Waals surface area contributed by atoms with E-state index in [9.17, 15) is 0 Å². The molecule has 0 saturated carbocycles. The summed E-state index contributed by atoms with van der Waals surface area (Å²) in [5.41, 5.74) is 2.28. The molecule has 1 unspecified atom stereocenters. The van der Waals surface area contributed by atoms with E-state index in [1.165, 1.54) is 5.56 Å². The second-order valence-corrected chi connectivity index (χ2v) is 6.74. The molecule has 1 aromatic heterocycles. The van der Waals surface area contributed by atoms with Gasteiger partial charge in [0, 0.05) is 18.0 Å². The van der Waals surface area contributed by atoms with Crippen LogP contribution in [0, 0.1) is 5.92 Å². The molecule has 1 N–H and O–H groups in total. The van der Waals surface area contributed by atoms with Crippen molar-refractivity contribution in [2.45, 2.75) is 33.1 Å². The average Bonchev–Trinajstić information content (AvgIpc) is 2.70. The summed E-state index contributed by atoms with van der Waals surface area (Å²) in [6.45, 7) is 5.99. The molecule has 0 aliphatic rings. The number of fused-ring (bicyclic) bond motifs is 1. The second-order valence-electron chi connectivity index (χ2n) is 6.74. The lowest BCUT2D eigenvalue weighted by Gasteiger charge is -2.12. The molecule has 0 bridgehead atoms. The molecule has 3 aromatic rings. The van der Waals surface area contributed by atoms with Crippen LogP contribution in [-0.2, 0) is 6.42 Å². The number of ether oxygens (including phenoxy) is 1. The fraction of sp³-hybridized carbons (Fsp3) is 0.364. The fourth-order valence-corrected chi connectivity index (χ4v) is 2.77. The summed E-state index contributed by atoms with van der Waals surface area (Å²) >= 11 is 0. The van der Waals surface area contributed by atoms with E-state index >= 15 is 0 Å². The Hall–Kier alpha value is -2.62. The van der Waals surface area contributed by atoms with Crippen LogP contribution in [0.1, 0.15) is 32.3 Å². The lowest BCUT2D eigenvalue weighted by Crippen LogP contribution is -2.07. The van der Waals surface area contributed by atoms with E-state index in [-0.39, 0.29) is 0 Å². The minimum atomic E-state index is 0.554. The lowest BCUT2D eigenvalue weighted by atomic mass is 10.1. The minimum Gasteiger partial charge on any atom is -0.493 e. The molecule has 0 saturated heterocycles. The number of nitrogens with zero attached hydrogens (tertiary/aromatic N) is 2. The molecule has 136 valence electrons. The molecule has 4 nitrogen and oxygen atoms in total. The first kappa shape index (κ1) is 18.2. The Balaban J connectivity index is 1.60. The third-order valence-corrected chi connectivity index (χ3v) is 4.62. The maximum absolute atomic E-state index is 5.87. The monoisotopic (exact) mass is 349 g/mol. The van der Waals surface area contributed by atoms with Gasteiger partial charge in [0.2, 0.25) is 0 Å². The third kappa shape index (κ3) is 4.94. The molecule has 0 aliphatic carbocycles. The molecule has 0 aliphatic heterocycles. The number of hydrogen-bond acceptors (Lipinski definition) is 4. The van der Waals surface area contributed by atoms with E-state index < -0.39 is 0 Å². The van der Waals surface area contributed by atoms with E-state index in [1.54, 1.807) is 6.33 Å². The third-order valence-electron chi connectivity index (χ3n) is 4.62. The van der Waals surface area contributed by atoms with Crippen LogP contribution in [0.3, 0.4) is 0 Å². The first-order valence-electron chi connectivity index (χ1n) is 9.41. The van der Waals surface area contributed by atoms with Crippen LogP contribution in [0.15, 0.2) is 54.9 Å². The van der Waals surface area contributed by atoms with Crippen LogP contribution in [-0.4, -0.2) is 23.1 Å². The Morgan fingerprint density at radius 1 is 1.08 bits per heavy atom. The number of nitrogens with one attached hydrogen (secondary N) is 1. The van der Waals surface area contributed by atoms with E-state index in [1.807, 2.05) is 18.2 Å². The Kier molecular flexibility index (Phi) is 6.42. The van der Waals surface area contributed by atoms with Crippen molar-refractivity contribution in [3.8, 4) is 5.75 Å². The largest absolute Gasteiger partial charge is 0.493 e. The van der Waals surface area contributed by atoms with Gasteiger partial charge in [0.05, 0.1) is 12.1 Å². The summed E-state index contributed by atoms with van der Waals surface area (Å²) < 4.78 is 5.87. The van der Waals surface area contributed by atoms with E-state index in [0.717, 1.165) is 54.9 Å². The number of anilines is 1. The summed E-state index contributed by atoms with van der Waals surface area (Å²) in [7, 11) is 0. The lowest BCUT2D eigenvalue weighted by molar-refractivity contribution is 0.257. The van der Waals surface area contributed by atoms with Crippen molar-refractivity contribution in [3.63, 3.8) is 0 Å². The summed E-state index contributed by atoms with van der Waals surface area (Å²) in [5, 5.41) is 4.48. The van der Waals surface area contributed by atoms with Crippen molar-refractivity contribution in [1.82, 2.24) is 9.97 Å². The van der Waals surface area contributed by atoms with Gasteiger partial charge in [0.15, 0.2) is 0 Å². The molecule has 1 atom stereocenters. The van der Waals surface area contributed by atoms with Gasteiger partial charge >= 0.3 is 0 Å². The first-order valence-corrected chi connectivity index (χ1v) is 9.41. The smallest absolute Gasteiger partial charge is 0.137 e. The van der Waals surface area contributed by atoms with Gasteiger partial charge in [-0.05, 0) is 36.5 Å². The van der Waals surface area contributed by atoms with Crippen molar-refractivity contribution >= 4 is 16.7 Å². The van der Waals surface area contributed by atoms with E-state index in [4.69, 9.17) is 4.74 Å². The zero-order valence-corrected chi connectivity index (χ0v) is 15.6. The molecule has 0 spiro atoms. The fourth-order valence-electron chi connectivity index (χ4n) is 2.77. The van der Waals surface area contributed by atoms with Gasteiger partial charge in [-0.2, -0.15) is 0 Å². The van der Waals surface area contributed by atoms with Gasteiger partial charge in [-0.1, -0.05) is 50.6 Å². The zero-order valence-electron chi connectivity index (χ0n) is 15.6. The highest BCUT2D eigenvalue weighted by molar-refractivity contribution is 5.89. The molecule has 2 aromatic carbocycles. The standard InChI is InChI=1S/C22H27N3O/c1-3-17(2)15-26-19-11-12-20-21(14-19)24-16-25-22(20)23-13-7-10-18-8-5-4-6-9-18/h4-6,8-9,11-12,14,16-17H,3,7,10,13,15H2,1-2H3,(H,23,24,25). The van der Waals surface area contributed by atoms with Crippen molar-refractivity contribution in [2.24, 2.45) is 5.92 Å². The molecule has 26 heavy (non-hydrogen) atoms. The Labute approximate surface area is 155 Å². The van der Waals surface area contributed by atoms with Crippen molar-refractivity contribution in [2.75, 3.05) is 18.5 Å². The van der Waals surface area contributed by atoms with Gasteiger partial charge in [0.25, 0.3) is 0 Å². The molecule has 0 radical (unpaired) electrons. The maximum atomic E-state index is 5.87. The van der Waals surface area contributed by atoms with Crippen LogP contribution < -0.4 is 10.1 Å². The SMILES string of the molecule is CCC(C)COc1ccc2c(NCCCc3ccccc3)ncnc2c1. The highest BCUT2D eigenvalue weighted by atomic mass is 16.5. The number of rotatable bonds is 9. The Bertz CT molecular complexity index is 820. The normalized spacial score (nSPS) is 12.1. The zero-order chi connectivity index (χ0) is 18.2. The van der Waals surface area contributed by atoms with Gasteiger partial charge < -0.3 is 10.1 Å². The topological polar surface area (TPSA) is 47.0 Å². The highest BCUT2D eigenvalue weighted by Gasteiger charge is 2.06. The van der Waals surface area contributed by atoms with Crippen molar-refractivity contribution < 1.29 is 4.74 Å². The summed E-state index contributed by atoms with van der Waals surface area (Å²) in [6.07, 6.45) is 4.85. The summed E-state index contributed by atoms with van der Waals surface area (Å²) in [4.78, 5) is 8.80. The quantitative estimate of drug-likeness (QED) is 0.546. The van der Waals surface area contributed by atoms with Gasteiger partial charge in [-0.15, -0.1) is 0 Å². The van der Waals surface area contributed by atoms with Gasteiger partial charge in [0.1, 0.15) is 17.9 Å². The van der Waals surface area contributed by atoms with E-state index in [2.05, 4.69) is 59.5 Å². The number of aryl methyl sites for hydroxylation is 1. The minimum absolute atomic E-state index is 0.554. The van der Waals surface area contributed by atoms with Crippen LogP contribution in [0.2, 0.25) is 0 Å². The van der Waals surface area contributed by atoms with Crippen molar-refractivity contribution in [3.05, 3.63) is 60.4 Å². The predicted molar refractivity (Wildman–Crippen MR) is 108 cm³/mol. The molecule has 0 fully saturated rings. The van der Waals surface area contributed by atoms with Crippen LogP contribution in [0.5, 0.6) is 5.75 Å². The molecule has 4 heteroatoms. The molecule has 0 amide bonds. The number of hydrogen-bond donors (Lipinski definition) is 1. The summed E-state index contributed by atoms with van der Waals surface area (Å²) in [6, 6.07) is 16.6. The average molecular weight is 349 g/mol. The molecule has 3 rings (SSSR count). The Morgan fingerprint density at radius 2 is 1.92 bits per heavy atom. The maximum Gasteiger partial charge on any atom is 0.137 e. The van der Waals surface area contributed by atoms with Crippen LogP contribution >= 0.6 is 0 Å². The first-order chi connectivity index (χ1) is 12.8. The van der Waals surface area contributed by atoms with Crippen LogP contribution in [0.4, 0.5) is 5.82 Å². The second kappa shape index (κ2) is 9.18. The summed E-state index contributed by atoms with van der Waals surface area (Å²) in [5.74, 6) is 2.31. The number of benzene rings is 2. The highest BCUT2D eigenvalue weighted by Crippen LogP contribution is 2.24. The predicted octanol–water partition coefficient (Wildman–Crippen LogP) is 5.10. The number of aromatic nitrogens is 2. The molecule has 1 heterocycles. The van der Waals surface area contributed by atoms with Gasteiger partial charge in [-0.25, -0.2) is 9.97 Å². The van der Waals surface area contributed by atoms with Crippen molar-refractivity contribution in [1.29, 1.82) is 0 Å². The molecular formula is C22H27N3O. The van der Waals surface area contributed by atoms with Gasteiger partial charge in [-0.3, -0.25) is 0 Å². The van der Waals surface area contributed by atoms with E-state index in [0.29, 0.717) is 5.92 Å². The molecular weight excluding hydrogens is 322 g/mol. The van der Waals surface area contributed by atoms with Crippen LogP contribution in [0.25, 0.3) is 10.9 Å². The Morgan fingerprint density at radius 3 is 2.73 bits per heavy atom.